The first-order chi connectivity index (χ1) is 16.1. The molecule has 33 heavy (non-hydrogen) atoms. The van der Waals surface area contributed by atoms with Crippen molar-refractivity contribution in [2.24, 2.45) is 11.7 Å². The summed E-state index contributed by atoms with van der Waals surface area (Å²) in [5.74, 6) is 0.115. The molecule has 1 aliphatic rings. The van der Waals surface area contributed by atoms with Gasteiger partial charge in [0.25, 0.3) is 5.91 Å². The highest BCUT2D eigenvalue weighted by Gasteiger charge is 2.30. The Morgan fingerprint density at radius 1 is 1.21 bits per heavy atom. The van der Waals surface area contributed by atoms with Crippen LogP contribution in [0.4, 0.5) is 11.5 Å². The number of aliphatic hydroxyl groups excluding tert-OH is 1. The van der Waals surface area contributed by atoms with Crippen LogP contribution in [0.1, 0.15) is 33.7 Å². The average Bonchev–Trinajstić information content (AvgIpc) is 2.85. The minimum Gasteiger partial charge on any atom is -0.396 e. The van der Waals surface area contributed by atoms with Crippen molar-refractivity contribution in [2.45, 2.75) is 18.9 Å². The number of pyridine rings is 3. The third kappa shape index (κ3) is 5.25. The molecular weight excluding hydrogens is 418 g/mol. The first-order valence-electron chi connectivity index (χ1n) is 10.7. The summed E-state index contributed by atoms with van der Waals surface area (Å²) in [5, 5.41) is 22.5. The predicted octanol–water partition coefficient (Wildman–Crippen LogP) is 1.73. The maximum absolute atomic E-state index is 12.0. The molecule has 9 nitrogen and oxygen atoms in total. The van der Waals surface area contributed by atoms with E-state index in [9.17, 15) is 9.90 Å². The van der Waals surface area contributed by atoms with Gasteiger partial charge in [-0.15, -0.1) is 0 Å². The molecule has 2 atom stereocenters. The van der Waals surface area contributed by atoms with E-state index >= 15 is 0 Å². The largest absolute Gasteiger partial charge is 0.396 e. The first kappa shape index (κ1) is 22.2. The van der Waals surface area contributed by atoms with Crippen molar-refractivity contribution in [3.05, 3.63) is 77.5 Å². The number of hydrogen-bond acceptors (Lipinski definition) is 8. The minimum absolute atomic E-state index is 0.0256. The molecule has 168 valence electrons. The Bertz CT molecular complexity index is 1150. The van der Waals surface area contributed by atoms with Gasteiger partial charge in [0.05, 0.1) is 16.8 Å². The maximum Gasteiger partial charge on any atom is 0.252 e. The SMILES string of the molecule is N#Cc1ccc(N2CC[C@@H](Nc3cc(Cc4ccccn4)ncc3C(N)=O)[C@@H](CO)C2)nc1. The molecule has 0 aromatic carbocycles. The Kier molecular flexibility index (Phi) is 6.76. The van der Waals surface area contributed by atoms with E-state index in [-0.39, 0.29) is 18.6 Å². The van der Waals surface area contributed by atoms with E-state index < -0.39 is 5.91 Å². The molecule has 3 aromatic heterocycles. The number of carbonyl (C=O) groups is 1. The number of amides is 1. The molecule has 0 spiro atoms. The first-order valence-corrected chi connectivity index (χ1v) is 10.7. The second kappa shape index (κ2) is 10.1. The van der Waals surface area contributed by atoms with E-state index in [1.54, 1.807) is 18.5 Å². The molecule has 4 heterocycles. The number of piperidine rings is 1. The van der Waals surface area contributed by atoms with Gasteiger partial charge in [-0.05, 0) is 36.8 Å². The Morgan fingerprint density at radius 2 is 2.09 bits per heavy atom. The highest BCUT2D eigenvalue weighted by atomic mass is 16.3. The molecule has 0 saturated carbocycles. The second-order valence-corrected chi connectivity index (χ2v) is 8.03. The summed E-state index contributed by atoms with van der Waals surface area (Å²) in [4.78, 5) is 27.2. The number of aromatic nitrogens is 3. The van der Waals surface area contributed by atoms with E-state index in [1.165, 1.54) is 6.20 Å². The molecule has 1 fully saturated rings. The summed E-state index contributed by atoms with van der Waals surface area (Å²) in [6, 6.07) is 13.1. The zero-order chi connectivity index (χ0) is 23.2. The zero-order valence-corrected chi connectivity index (χ0v) is 18.1. The lowest BCUT2D eigenvalue weighted by Gasteiger charge is -2.39. The summed E-state index contributed by atoms with van der Waals surface area (Å²) in [6.07, 6.45) is 6.03. The van der Waals surface area contributed by atoms with Gasteiger partial charge in [-0.25, -0.2) is 4.98 Å². The molecule has 9 heteroatoms. The van der Waals surface area contributed by atoms with E-state index in [1.807, 2.05) is 30.3 Å². The van der Waals surface area contributed by atoms with E-state index in [0.717, 1.165) is 23.6 Å². The maximum atomic E-state index is 12.0. The molecule has 4 N–H and O–H groups in total. The normalized spacial score (nSPS) is 17.9. The van der Waals surface area contributed by atoms with Crippen molar-refractivity contribution in [3.63, 3.8) is 0 Å². The lowest BCUT2D eigenvalue weighted by molar-refractivity contribution is 0.100. The molecular formula is C24H25N7O2. The molecule has 4 rings (SSSR count). The van der Waals surface area contributed by atoms with E-state index in [4.69, 9.17) is 11.0 Å². The number of aliphatic hydroxyl groups is 1. The molecule has 1 aliphatic heterocycles. The summed E-state index contributed by atoms with van der Waals surface area (Å²) < 4.78 is 0. The molecule has 0 unspecified atom stereocenters. The fraction of sp³-hybridized carbons (Fsp3) is 0.292. The standard InChI is InChI=1S/C24H25N7O2/c25-11-16-4-5-23(29-12-16)31-8-6-21(17(14-31)15-32)30-22-10-19(28-13-20(22)24(26)33)9-18-3-1-2-7-27-18/h1-5,7,10,12-13,17,21,32H,6,8-9,14-15H2,(H2,26,33)(H,28,30)/t17-,21-/m1/s1. The van der Waals surface area contributed by atoms with E-state index in [0.29, 0.717) is 36.3 Å². The number of nitrogens with one attached hydrogen (secondary N) is 1. The number of nitriles is 1. The number of primary amides is 1. The van der Waals surface area contributed by atoms with Crippen LogP contribution in [-0.2, 0) is 6.42 Å². The van der Waals surface area contributed by atoms with Crippen molar-refractivity contribution in [2.75, 3.05) is 29.9 Å². The fourth-order valence-corrected chi connectivity index (χ4v) is 4.05. The summed E-state index contributed by atoms with van der Waals surface area (Å²) in [7, 11) is 0. The van der Waals surface area contributed by atoms with Crippen molar-refractivity contribution in [1.29, 1.82) is 5.26 Å². The third-order valence-electron chi connectivity index (χ3n) is 5.82. The zero-order valence-electron chi connectivity index (χ0n) is 18.1. The third-order valence-corrected chi connectivity index (χ3v) is 5.82. The van der Waals surface area contributed by atoms with Crippen LogP contribution in [0.5, 0.6) is 0 Å². The van der Waals surface area contributed by atoms with Gasteiger partial charge in [0.1, 0.15) is 11.9 Å². The molecule has 0 aliphatic carbocycles. The van der Waals surface area contributed by atoms with Crippen molar-refractivity contribution in [3.8, 4) is 6.07 Å². The monoisotopic (exact) mass is 443 g/mol. The smallest absolute Gasteiger partial charge is 0.252 e. The van der Waals surface area contributed by atoms with Gasteiger partial charge in [0.15, 0.2) is 0 Å². The molecule has 3 aromatic rings. The number of rotatable bonds is 7. The van der Waals surface area contributed by atoms with Gasteiger partial charge in [0, 0.05) is 68.1 Å². The van der Waals surface area contributed by atoms with Gasteiger partial charge >= 0.3 is 0 Å². The molecule has 0 bridgehead atoms. The number of anilines is 2. The Labute approximate surface area is 191 Å². The Morgan fingerprint density at radius 3 is 2.76 bits per heavy atom. The van der Waals surface area contributed by atoms with Gasteiger partial charge in [-0.2, -0.15) is 5.26 Å². The van der Waals surface area contributed by atoms with Crippen LogP contribution in [0.3, 0.4) is 0 Å². The lowest BCUT2D eigenvalue weighted by Crippen LogP contribution is -2.48. The Balaban J connectivity index is 1.51. The number of nitrogens with two attached hydrogens (primary N) is 1. The highest BCUT2D eigenvalue weighted by molar-refractivity contribution is 5.98. The van der Waals surface area contributed by atoms with Gasteiger partial charge in [0.2, 0.25) is 0 Å². The molecule has 1 saturated heterocycles. The van der Waals surface area contributed by atoms with Crippen molar-refractivity contribution < 1.29 is 9.90 Å². The van der Waals surface area contributed by atoms with Crippen LogP contribution in [-0.4, -0.2) is 51.7 Å². The van der Waals surface area contributed by atoms with Crippen LogP contribution in [0.25, 0.3) is 0 Å². The number of nitrogens with zero attached hydrogens (tertiary/aromatic N) is 5. The van der Waals surface area contributed by atoms with Crippen LogP contribution < -0.4 is 16.0 Å². The quantitative estimate of drug-likeness (QED) is 0.501. The minimum atomic E-state index is -0.561. The fourth-order valence-electron chi connectivity index (χ4n) is 4.05. The van der Waals surface area contributed by atoms with Gasteiger partial charge < -0.3 is 21.1 Å². The highest BCUT2D eigenvalue weighted by Crippen LogP contribution is 2.27. The van der Waals surface area contributed by atoms with Crippen LogP contribution in [0.15, 0.2) is 55.0 Å². The lowest BCUT2D eigenvalue weighted by atomic mass is 9.92. The molecule has 0 radical (unpaired) electrons. The van der Waals surface area contributed by atoms with E-state index in [2.05, 4.69) is 31.2 Å². The summed E-state index contributed by atoms with van der Waals surface area (Å²) in [5.41, 5.74) is 8.66. The molecule has 1 amide bonds. The van der Waals surface area contributed by atoms with Crippen molar-refractivity contribution >= 4 is 17.4 Å². The average molecular weight is 444 g/mol. The van der Waals surface area contributed by atoms with Crippen molar-refractivity contribution in [1.82, 2.24) is 15.0 Å². The Hall–Kier alpha value is -4.03. The number of carbonyl (C=O) groups excluding carboxylic acids is 1. The van der Waals surface area contributed by atoms with Crippen LogP contribution in [0.2, 0.25) is 0 Å². The topological polar surface area (TPSA) is 141 Å². The summed E-state index contributed by atoms with van der Waals surface area (Å²) in [6.45, 7) is 1.28. The van der Waals surface area contributed by atoms with Gasteiger partial charge in [-0.1, -0.05) is 6.07 Å². The summed E-state index contributed by atoms with van der Waals surface area (Å²) >= 11 is 0. The van der Waals surface area contributed by atoms with Gasteiger partial charge in [-0.3, -0.25) is 14.8 Å². The van der Waals surface area contributed by atoms with Crippen LogP contribution >= 0.6 is 0 Å². The van der Waals surface area contributed by atoms with Crippen LogP contribution in [0, 0.1) is 17.2 Å². The predicted molar refractivity (Wildman–Crippen MR) is 124 cm³/mol. The number of hydrogen-bond donors (Lipinski definition) is 3. The second-order valence-electron chi connectivity index (χ2n) is 8.03.